The van der Waals surface area contributed by atoms with Crippen LogP contribution in [0.25, 0.3) is 10.2 Å². The van der Waals surface area contributed by atoms with E-state index in [4.69, 9.17) is 0 Å². The Bertz CT molecular complexity index is 968. The summed E-state index contributed by atoms with van der Waals surface area (Å²) >= 11 is 1.54. The quantitative estimate of drug-likeness (QED) is 0.670. The van der Waals surface area contributed by atoms with Gasteiger partial charge >= 0.3 is 0 Å². The molecular weight excluding hydrogens is 335 g/mol. The van der Waals surface area contributed by atoms with Crippen molar-refractivity contribution in [1.29, 1.82) is 0 Å². The Hall–Kier alpha value is -2.27. The van der Waals surface area contributed by atoms with Crippen LogP contribution in [-0.4, -0.2) is 10.5 Å². The Morgan fingerprint density at radius 3 is 2.56 bits per heavy atom. The maximum atomic E-state index is 13.0. The van der Waals surface area contributed by atoms with Gasteiger partial charge in [-0.3, -0.25) is 4.79 Å². The van der Waals surface area contributed by atoms with Crippen molar-refractivity contribution in [2.24, 2.45) is 4.99 Å². The van der Waals surface area contributed by atoms with Gasteiger partial charge in [0.15, 0.2) is 4.80 Å². The lowest BCUT2D eigenvalue weighted by atomic mass is 10.0. The second-order valence-corrected chi connectivity index (χ2v) is 7.33. The zero-order valence-corrected chi connectivity index (χ0v) is 15.4. The third-order valence-electron chi connectivity index (χ3n) is 4.18. The first kappa shape index (κ1) is 17.5. The average Bonchev–Trinajstić information content (AvgIpc) is 2.92. The number of aryl methyl sites for hydroxylation is 1. The van der Waals surface area contributed by atoms with Crippen LogP contribution in [0.2, 0.25) is 0 Å². The van der Waals surface area contributed by atoms with Crippen molar-refractivity contribution in [3.05, 3.63) is 64.2 Å². The fourth-order valence-electron chi connectivity index (χ4n) is 2.76. The fourth-order valence-corrected chi connectivity index (χ4v) is 3.92. The van der Waals surface area contributed by atoms with Gasteiger partial charge in [0, 0.05) is 6.54 Å². The first-order valence-corrected chi connectivity index (χ1v) is 9.25. The van der Waals surface area contributed by atoms with Crippen molar-refractivity contribution in [2.45, 2.75) is 39.7 Å². The van der Waals surface area contributed by atoms with Crippen LogP contribution in [0.5, 0.6) is 0 Å². The molecule has 1 aromatic heterocycles. The zero-order valence-electron chi connectivity index (χ0n) is 14.6. The van der Waals surface area contributed by atoms with Gasteiger partial charge in [-0.05, 0) is 48.2 Å². The van der Waals surface area contributed by atoms with E-state index in [1.807, 2.05) is 6.92 Å². The molecule has 0 aliphatic heterocycles. The molecule has 25 heavy (non-hydrogen) atoms. The van der Waals surface area contributed by atoms with Crippen molar-refractivity contribution in [2.75, 3.05) is 0 Å². The van der Waals surface area contributed by atoms with Crippen molar-refractivity contribution >= 4 is 27.5 Å². The number of nitrogens with zero attached hydrogens (tertiary/aromatic N) is 2. The second kappa shape index (κ2) is 7.31. The summed E-state index contributed by atoms with van der Waals surface area (Å²) in [6.45, 7) is 7.13. The third kappa shape index (κ3) is 3.87. The fraction of sp³-hybridized carbons (Fsp3) is 0.300. The van der Waals surface area contributed by atoms with Crippen molar-refractivity contribution in [1.82, 2.24) is 4.57 Å². The predicted octanol–water partition coefficient (Wildman–Crippen LogP) is 4.66. The van der Waals surface area contributed by atoms with Crippen LogP contribution in [-0.2, 0) is 17.8 Å². The molecule has 0 aliphatic carbocycles. The molecular formula is C20H21FN2OS. The first-order chi connectivity index (χ1) is 12.0. The lowest BCUT2D eigenvalue weighted by Gasteiger charge is -2.05. The van der Waals surface area contributed by atoms with E-state index in [1.165, 1.54) is 29.0 Å². The van der Waals surface area contributed by atoms with E-state index in [0.717, 1.165) is 22.3 Å². The highest BCUT2D eigenvalue weighted by Gasteiger charge is 2.09. The van der Waals surface area contributed by atoms with Gasteiger partial charge in [0.2, 0.25) is 0 Å². The summed E-state index contributed by atoms with van der Waals surface area (Å²) in [7, 11) is 0. The van der Waals surface area contributed by atoms with Gasteiger partial charge in [-0.1, -0.05) is 43.4 Å². The Morgan fingerprint density at radius 2 is 1.92 bits per heavy atom. The van der Waals surface area contributed by atoms with Crippen molar-refractivity contribution < 1.29 is 9.18 Å². The summed E-state index contributed by atoms with van der Waals surface area (Å²) in [5, 5.41) is 0. The zero-order chi connectivity index (χ0) is 18.0. The molecule has 0 atom stereocenters. The Kier molecular flexibility index (Phi) is 5.13. The molecule has 0 spiro atoms. The van der Waals surface area contributed by atoms with Gasteiger partial charge in [-0.25, -0.2) is 4.39 Å². The Labute approximate surface area is 150 Å². The summed E-state index contributed by atoms with van der Waals surface area (Å²) in [5.41, 5.74) is 3.15. The first-order valence-electron chi connectivity index (χ1n) is 8.43. The van der Waals surface area contributed by atoms with Crippen LogP contribution in [0.1, 0.15) is 37.8 Å². The number of hydrogen-bond donors (Lipinski definition) is 0. The van der Waals surface area contributed by atoms with E-state index in [2.05, 4.69) is 41.6 Å². The summed E-state index contributed by atoms with van der Waals surface area (Å²) < 4.78 is 16.2. The van der Waals surface area contributed by atoms with Crippen molar-refractivity contribution in [3.8, 4) is 0 Å². The van der Waals surface area contributed by atoms with E-state index in [1.54, 1.807) is 12.1 Å². The number of fused-ring (bicyclic) bond motifs is 1. The normalized spacial score (nSPS) is 12.3. The number of aromatic nitrogens is 1. The largest absolute Gasteiger partial charge is 0.317 e. The van der Waals surface area contributed by atoms with E-state index >= 15 is 0 Å². The number of thiazole rings is 1. The topological polar surface area (TPSA) is 34.4 Å². The molecule has 0 unspecified atom stereocenters. The Morgan fingerprint density at radius 1 is 1.20 bits per heavy atom. The third-order valence-corrected chi connectivity index (χ3v) is 5.22. The monoisotopic (exact) mass is 356 g/mol. The predicted molar refractivity (Wildman–Crippen MR) is 100 cm³/mol. The molecule has 0 N–H and O–H groups in total. The van der Waals surface area contributed by atoms with Gasteiger partial charge in [-0.15, -0.1) is 0 Å². The maximum absolute atomic E-state index is 13.0. The van der Waals surface area contributed by atoms with Gasteiger partial charge in [-0.2, -0.15) is 4.99 Å². The van der Waals surface area contributed by atoms with Crippen LogP contribution < -0.4 is 4.80 Å². The second-order valence-electron chi connectivity index (χ2n) is 6.32. The van der Waals surface area contributed by atoms with Gasteiger partial charge in [0.1, 0.15) is 5.82 Å². The summed E-state index contributed by atoms with van der Waals surface area (Å²) in [6, 6.07) is 12.4. The lowest BCUT2D eigenvalue weighted by molar-refractivity contribution is -0.117. The molecule has 3 aromatic rings. The Balaban J connectivity index is 1.97. The molecule has 5 heteroatoms. The maximum Gasteiger partial charge on any atom is 0.252 e. The molecule has 2 aromatic carbocycles. The molecule has 0 bridgehead atoms. The molecule has 0 saturated carbocycles. The minimum Gasteiger partial charge on any atom is -0.317 e. The minimum absolute atomic E-state index is 0.176. The minimum atomic E-state index is -0.303. The van der Waals surface area contributed by atoms with Crippen LogP contribution in [0.3, 0.4) is 0 Å². The highest BCUT2D eigenvalue weighted by molar-refractivity contribution is 7.16. The van der Waals surface area contributed by atoms with Crippen LogP contribution in [0.15, 0.2) is 47.5 Å². The number of benzene rings is 2. The van der Waals surface area contributed by atoms with E-state index in [9.17, 15) is 9.18 Å². The SMILES string of the molecule is CCn1c(=NC(=O)Cc2ccc(F)cc2)sc2cc(C(C)C)ccc21. The number of carbonyl (C=O) groups excluding carboxylic acids is 1. The number of amides is 1. The molecule has 1 amide bonds. The van der Waals surface area contributed by atoms with E-state index < -0.39 is 0 Å². The van der Waals surface area contributed by atoms with Crippen LogP contribution >= 0.6 is 11.3 Å². The average molecular weight is 356 g/mol. The number of hydrogen-bond acceptors (Lipinski definition) is 2. The van der Waals surface area contributed by atoms with E-state index in [-0.39, 0.29) is 18.1 Å². The smallest absolute Gasteiger partial charge is 0.252 e. The van der Waals surface area contributed by atoms with Gasteiger partial charge in [0.05, 0.1) is 16.6 Å². The summed E-state index contributed by atoms with van der Waals surface area (Å²) in [4.78, 5) is 17.3. The van der Waals surface area contributed by atoms with Crippen molar-refractivity contribution in [3.63, 3.8) is 0 Å². The molecule has 0 saturated heterocycles. The molecule has 130 valence electrons. The molecule has 3 rings (SSSR count). The van der Waals surface area contributed by atoms with Gasteiger partial charge < -0.3 is 4.57 Å². The summed E-state index contributed by atoms with van der Waals surface area (Å²) in [6.07, 6.45) is 0.176. The summed E-state index contributed by atoms with van der Waals surface area (Å²) in [5.74, 6) is -0.0612. The number of carbonyl (C=O) groups is 1. The lowest BCUT2D eigenvalue weighted by Crippen LogP contribution is -2.16. The van der Waals surface area contributed by atoms with Crippen LogP contribution in [0.4, 0.5) is 4.39 Å². The molecule has 0 fully saturated rings. The molecule has 1 heterocycles. The number of halogens is 1. The highest BCUT2D eigenvalue weighted by atomic mass is 32.1. The van der Waals surface area contributed by atoms with Crippen LogP contribution in [0, 0.1) is 5.82 Å². The molecule has 3 nitrogen and oxygen atoms in total. The van der Waals surface area contributed by atoms with Gasteiger partial charge in [0.25, 0.3) is 5.91 Å². The number of rotatable bonds is 4. The van der Waals surface area contributed by atoms with E-state index in [0.29, 0.717) is 10.7 Å². The molecule has 0 radical (unpaired) electrons. The highest BCUT2D eigenvalue weighted by Crippen LogP contribution is 2.23. The standard InChI is InChI=1S/C20H21FN2OS/c1-4-23-17-10-7-15(13(2)3)12-18(17)25-20(23)22-19(24)11-14-5-8-16(21)9-6-14/h5-10,12-13H,4,11H2,1-3H3. The molecule has 0 aliphatic rings.